The number of ether oxygens (including phenoxy) is 2. The zero-order valence-corrected chi connectivity index (χ0v) is 24.3. The molecule has 3 aromatic rings. The first-order valence-electron chi connectivity index (χ1n) is 12.6. The number of piperidine rings is 1. The minimum absolute atomic E-state index is 0.114. The van der Waals surface area contributed by atoms with Gasteiger partial charge in [0, 0.05) is 32.5 Å². The summed E-state index contributed by atoms with van der Waals surface area (Å²) in [5.74, 6) is -0.833. The van der Waals surface area contributed by atoms with Crippen LogP contribution in [0.3, 0.4) is 0 Å². The van der Waals surface area contributed by atoms with Crippen LogP contribution in [-0.4, -0.2) is 68.2 Å². The normalized spacial score (nSPS) is 15.2. The number of anilines is 1. The summed E-state index contributed by atoms with van der Waals surface area (Å²) in [6, 6.07) is 6.09. The van der Waals surface area contributed by atoms with Crippen LogP contribution in [0.15, 0.2) is 24.3 Å². The van der Waals surface area contributed by atoms with Crippen LogP contribution in [0.25, 0.3) is 15.8 Å². The number of carbonyl (C=O) groups is 1. The average molecular weight is 580 g/mol. The molecule has 0 bridgehead atoms. The molecule has 206 valence electrons. The SMILES string of the molecule is CCC=C(CCNS(=O)(=O)CCC(=O)OC)c1ccc2nc(OC3CCN(c4nnc(C)s4)CC3)sc2c1. The van der Waals surface area contributed by atoms with Gasteiger partial charge in [-0.25, -0.2) is 18.1 Å². The van der Waals surface area contributed by atoms with Gasteiger partial charge in [-0.15, -0.1) is 10.2 Å². The molecule has 0 aliphatic carbocycles. The van der Waals surface area contributed by atoms with E-state index in [1.165, 1.54) is 18.4 Å². The van der Waals surface area contributed by atoms with Gasteiger partial charge < -0.3 is 14.4 Å². The second-order valence-electron chi connectivity index (χ2n) is 9.00. The Kier molecular flexibility index (Phi) is 9.69. The fraction of sp³-hybridized carbons (Fsp3) is 0.520. The number of hydrogen-bond acceptors (Lipinski definition) is 11. The van der Waals surface area contributed by atoms with E-state index < -0.39 is 16.0 Å². The summed E-state index contributed by atoms with van der Waals surface area (Å²) in [6.45, 7) is 6.03. The molecule has 0 unspecified atom stereocenters. The van der Waals surface area contributed by atoms with Crippen LogP contribution < -0.4 is 14.4 Å². The number of nitrogens with zero attached hydrogens (tertiary/aromatic N) is 4. The van der Waals surface area contributed by atoms with Gasteiger partial charge in [-0.3, -0.25) is 4.79 Å². The number of nitrogens with one attached hydrogen (secondary N) is 1. The van der Waals surface area contributed by atoms with Gasteiger partial charge in [0.2, 0.25) is 15.2 Å². The van der Waals surface area contributed by atoms with Gasteiger partial charge in [0.25, 0.3) is 5.19 Å². The fourth-order valence-electron chi connectivity index (χ4n) is 4.22. The number of methoxy groups -OCH3 is 1. The lowest BCUT2D eigenvalue weighted by molar-refractivity contribution is -0.140. The van der Waals surface area contributed by atoms with E-state index in [-0.39, 0.29) is 24.8 Å². The number of rotatable bonds is 12. The first kappa shape index (κ1) is 28.4. The van der Waals surface area contributed by atoms with Gasteiger partial charge in [0.1, 0.15) is 11.1 Å². The molecule has 4 rings (SSSR count). The van der Waals surface area contributed by atoms with Crippen LogP contribution in [0, 0.1) is 6.92 Å². The highest BCUT2D eigenvalue weighted by molar-refractivity contribution is 7.89. The average Bonchev–Trinajstić information content (AvgIpc) is 3.52. The number of sulfonamides is 1. The molecule has 0 atom stereocenters. The van der Waals surface area contributed by atoms with E-state index in [9.17, 15) is 13.2 Å². The van der Waals surface area contributed by atoms with Gasteiger partial charge in [0.05, 0.1) is 29.5 Å². The molecule has 38 heavy (non-hydrogen) atoms. The maximum atomic E-state index is 12.2. The first-order valence-corrected chi connectivity index (χ1v) is 15.9. The summed E-state index contributed by atoms with van der Waals surface area (Å²) in [7, 11) is -2.31. The predicted octanol–water partition coefficient (Wildman–Crippen LogP) is 4.17. The van der Waals surface area contributed by atoms with Crippen LogP contribution in [-0.2, 0) is 19.6 Å². The van der Waals surface area contributed by atoms with Gasteiger partial charge in [-0.1, -0.05) is 41.7 Å². The van der Waals surface area contributed by atoms with Crippen molar-refractivity contribution in [2.75, 3.05) is 37.4 Å². The fourth-order valence-corrected chi connectivity index (χ4v) is 6.87. The van der Waals surface area contributed by atoms with E-state index in [0.29, 0.717) is 11.6 Å². The molecule has 0 radical (unpaired) electrons. The summed E-state index contributed by atoms with van der Waals surface area (Å²) in [5, 5.41) is 11.0. The van der Waals surface area contributed by atoms with Crippen molar-refractivity contribution >= 4 is 59.6 Å². The summed E-state index contributed by atoms with van der Waals surface area (Å²) in [6.07, 6.45) is 5.22. The molecule has 0 saturated carbocycles. The summed E-state index contributed by atoms with van der Waals surface area (Å²) in [4.78, 5) is 18.2. The first-order chi connectivity index (χ1) is 18.3. The number of fused-ring (bicyclic) bond motifs is 1. The Morgan fingerprint density at radius 1 is 1.21 bits per heavy atom. The minimum atomic E-state index is -3.55. The predicted molar refractivity (Wildman–Crippen MR) is 151 cm³/mol. The zero-order chi connectivity index (χ0) is 27.1. The lowest BCUT2D eigenvalue weighted by Gasteiger charge is -2.30. The Labute approximate surface area is 231 Å². The van der Waals surface area contributed by atoms with Crippen molar-refractivity contribution in [3.63, 3.8) is 0 Å². The highest BCUT2D eigenvalue weighted by Crippen LogP contribution is 2.33. The number of carbonyl (C=O) groups excluding carboxylic acids is 1. The molecule has 1 aliphatic rings. The molecule has 10 nitrogen and oxygen atoms in total. The molecule has 2 aromatic heterocycles. The summed E-state index contributed by atoms with van der Waals surface area (Å²) < 4.78 is 38.8. The highest BCUT2D eigenvalue weighted by Gasteiger charge is 2.24. The zero-order valence-electron chi connectivity index (χ0n) is 21.8. The Morgan fingerprint density at radius 2 is 2.00 bits per heavy atom. The van der Waals surface area contributed by atoms with Crippen LogP contribution in [0.1, 0.15) is 49.6 Å². The van der Waals surface area contributed by atoms with Gasteiger partial charge in [-0.2, -0.15) is 0 Å². The molecule has 3 heterocycles. The molecule has 0 amide bonds. The van der Waals surface area contributed by atoms with E-state index in [1.54, 1.807) is 11.3 Å². The second kappa shape index (κ2) is 13.0. The second-order valence-corrected chi connectivity index (χ2v) is 13.1. The van der Waals surface area contributed by atoms with Gasteiger partial charge >= 0.3 is 5.97 Å². The maximum absolute atomic E-state index is 12.2. The number of allylic oxidation sites excluding steroid dienone is 1. The van der Waals surface area contributed by atoms with Gasteiger partial charge in [0.15, 0.2) is 0 Å². The van der Waals surface area contributed by atoms with E-state index >= 15 is 0 Å². The highest BCUT2D eigenvalue weighted by atomic mass is 32.2. The van der Waals surface area contributed by atoms with Crippen LogP contribution in [0.2, 0.25) is 0 Å². The topological polar surface area (TPSA) is 124 Å². The quantitative estimate of drug-likeness (QED) is 0.315. The Balaban J connectivity index is 1.34. The lowest BCUT2D eigenvalue weighted by Crippen LogP contribution is -2.38. The molecule has 1 fully saturated rings. The van der Waals surface area contributed by atoms with E-state index in [4.69, 9.17) is 4.74 Å². The van der Waals surface area contributed by atoms with E-state index in [1.807, 2.05) is 19.1 Å². The van der Waals surface area contributed by atoms with Gasteiger partial charge in [-0.05, 0) is 43.0 Å². The Bertz CT molecular complexity index is 1380. The van der Waals surface area contributed by atoms with E-state index in [0.717, 1.165) is 63.8 Å². The largest absolute Gasteiger partial charge is 0.469 e. The summed E-state index contributed by atoms with van der Waals surface area (Å²) in [5.41, 5.74) is 2.97. The van der Waals surface area contributed by atoms with Crippen LogP contribution in [0.5, 0.6) is 5.19 Å². The Morgan fingerprint density at radius 3 is 2.68 bits per heavy atom. The molecule has 0 spiro atoms. The van der Waals surface area contributed by atoms with Crippen molar-refractivity contribution in [1.82, 2.24) is 19.9 Å². The number of hydrogen-bond donors (Lipinski definition) is 1. The number of thiazole rings is 1. The number of aromatic nitrogens is 3. The van der Waals surface area contributed by atoms with Crippen LogP contribution in [0.4, 0.5) is 5.13 Å². The van der Waals surface area contributed by atoms with Crippen molar-refractivity contribution in [1.29, 1.82) is 0 Å². The third kappa shape index (κ3) is 7.71. The van der Waals surface area contributed by atoms with Crippen molar-refractivity contribution in [3.05, 3.63) is 34.8 Å². The molecule has 1 N–H and O–H groups in total. The van der Waals surface area contributed by atoms with Crippen molar-refractivity contribution < 1.29 is 22.7 Å². The third-order valence-corrected chi connectivity index (χ3v) is 9.40. The molecular formula is C25H33N5O5S3. The number of benzene rings is 1. The maximum Gasteiger partial charge on any atom is 0.306 e. The molecule has 1 saturated heterocycles. The molecule has 13 heteroatoms. The smallest absolute Gasteiger partial charge is 0.306 e. The minimum Gasteiger partial charge on any atom is -0.469 e. The molecular weight excluding hydrogens is 547 g/mol. The van der Waals surface area contributed by atoms with E-state index in [2.05, 4.69) is 48.6 Å². The van der Waals surface area contributed by atoms with Crippen molar-refractivity contribution in [3.8, 4) is 5.19 Å². The Hall–Kier alpha value is -2.61. The van der Waals surface area contributed by atoms with Crippen molar-refractivity contribution in [2.24, 2.45) is 0 Å². The van der Waals surface area contributed by atoms with Crippen molar-refractivity contribution in [2.45, 2.75) is 52.1 Å². The third-order valence-electron chi connectivity index (χ3n) is 6.20. The molecule has 1 aromatic carbocycles. The molecule has 1 aliphatic heterocycles. The summed E-state index contributed by atoms with van der Waals surface area (Å²) >= 11 is 3.15. The monoisotopic (exact) mass is 579 g/mol. The van der Waals surface area contributed by atoms with Crippen LogP contribution >= 0.6 is 22.7 Å². The number of aryl methyl sites for hydroxylation is 1. The standard InChI is InChI=1S/C25H33N5O5S3/c1-4-5-18(8-12-26-38(32,33)15-11-23(31)34-3)19-6-7-21-22(16-19)37-25(27-21)35-20-9-13-30(14-10-20)24-29-28-17(2)36-24/h5-7,16,20,26H,4,8-15H2,1-3H3. The number of esters is 1. The lowest BCUT2D eigenvalue weighted by atomic mass is 10.0.